The van der Waals surface area contributed by atoms with Gasteiger partial charge in [-0.3, -0.25) is 9.59 Å². The van der Waals surface area contributed by atoms with Gasteiger partial charge in [-0.2, -0.15) is 0 Å². The van der Waals surface area contributed by atoms with Crippen molar-refractivity contribution in [2.24, 2.45) is 0 Å². The van der Waals surface area contributed by atoms with Crippen molar-refractivity contribution in [2.75, 3.05) is 19.7 Å². The number of amides is 2. The maximum atomic E-state index is 14.6. The first kappa shape index (κ1) is 33.1. The van der Waals surface area contributed by atoms with Crippen molar-refractivity contribution >= 4 is 63.8 Å². The number of piperazine rings is 1. The summed E-state index contributed by atoms with van der Waals surface area (Å²) in [5.41, 5.74) is 4.65. The van der Waals surface area contributed by atoms with Crippen LogP contribution in [0, 0.1) is 5.82 Å². The number of nitrogens with one attached hydrogen (secondary N) is 1. The van der Waals surface area contributed by atoms with E-state index >= 15 is 0 Å². The van der Waals surface area contributed by atoms with Crippen molar-refractivity contribution in [1.82, 2.24) is 15.1 Å². The smallest absolute Gasteiger partial charge is 0.252 e. The van der Waals surface area contributed by atoms with Crippen molar-refractivity contribution < 1.29 is 18.7 Å². The number of carbonyl (C=O) groups is 2. The fourth-order valence-electron chi connectivity index (χ4n) is 6.38. The van der Waals surface area contributed by atoms with Crippen LogP contribution in [0.15, 0.2) is 60.2 Å². The maximum Gasteiger partial charge on any atom is 0.252 e. The zero-order chi connectivity index (χ0) is 32.5. The Bertz CT molecular complexity index is 1650. The Balaban J connectivity index is 1.23. The molecule has 1 saturated heterocycles. The Morgan fingerprint density at radius 1 is 1.00 bits per heavy atom. The first-order valence-corrected chi connectivity index (χ1v) is 16.9. The van der Waals surface area contributed by atoms with E-state index in [0.717, 1.165) is 41.5 Å². The van der Waals surface area contributed by atoms with Crippen LogP contribution < -0.4 is 10.1 Å². The fourth-order valence-corrected chi connectivity index (χ4v) is 7.33. The molecule has 2 aliphatic heterocycles. The second-order valence-electron chi connectivity index (χ2n) is 12.2. The van der Waals surface area contributed by atoms with Gasteiger partial charge in [0.1, 0.15) is 5.82 Å². The van der Waals surface area contributed by atoms with Crippen molar-refractivity contribution in [3.8, 4) is 5.75 Å². The largest absolute Gasteiger partial charge is 0.490 e. The summed E-state index contributed by atoms with van der Waals surface area (Å²) in [5.74, 6) is -0.258. The molecular formula is C35H34Cl4FN3O3. The van der Waals surface area contributed by atoms with Gasteiger partial charge in [0.15, 0.2) is 5.75 Å². The Morgan fingerprint density at radius 3 is 2.39 bits per heavy atom. The van der Waals surface area contributed by atoms with Gasteiger partial charge >= 0.3 is 0 Å². The van der Waals surface area contributed by atoms with E-state index in [1.807, 2.05) is 21.9 Å². The Kier molecular flexibility index (Phi) is 10.2. The van der Waals surface area contributed by atoms with Crippen molar-refractivity contribution in [3.63, 3.8) is 0 Å². The molecule has 11 heteroatoms. The number of benzene rings is 3. The van der Waals surface area contributed by atoms with Gasteiger partial charge in [0.25, 0.3) is 5.91 Å². The minimum atomic E-state index is -0.512. The molecule has 3 aromatic carbocycles. The van der Waals surface area contributed by atoms with Gasteiger partial charge < -0.3 is 19.9 Å². The zero-order valence-electron chi connectivity index (χ0n) is 25.3. The molecule has 2 heterocycles. The maximum absolute atomic E-state index is 14.6. The molecule has 0 unspecified atom stereocenters. The molecule has 46 heavy (non-hydrogen) atoms. The van der Waals surface area contributed by atoms with E-state index in [-0.39, 0.29) is 45.7 Å². The molecule has 2 bridgehead atoms. The zero-order valence-corrected chi connectivity index (χ0v) is 28.3. The second kappa shape index (κ2) is 14.1. The van der Waals surface area contributed by atoms with Crippen LogP contribution in [-0.4, -0.2) is 59.4 Å². The highest BCUT2D eigenvalue weighted by atomic mass is 35.5. The van der Waals surface area contributed by atoms with Gasteiger partial charge in [0, 0.05) is 44.2 Å². The monoisotopic (exact) mass is 703 g/mol. The SMILES string of the molecule is CC(=O)N1C[C@H]2CC(c3ccc(CCCOc4c(Cl)cc(F)cc4Cl)cc3)=C(C(=O)N(Cc3cccc(Cl)c3Cl)C3CC3)[C@@H](C1)N2. The highest BCUT2D eigenvalue weighted by Gasteiger charge is 2.43. The van der Waals surface area contributed by atoms with Crippen LogP contribution in [0.1, 0.15) is 49.3 Å². The van der Waals surface area contributed by atoms with E-state index in [1.165, 1.54) is 12.1 Å². The molecule has 1 N–H and O–H groups in total. The lowest BCUT2D eigenvalue weighted by molar-refractivity contribution is -0.132. The normalized spacial score (nSPS) is 19.3. The summed E-state index contributed by atoms with van der Waals surface area (Å²) in [6.45, 7) is 3.35. The second-order valence-corrected chi connectivity index (χ2v) is 13.8. The molecule has 2 atom stereocenters. The van der Waals surface area contributed by atoms with Crippen molar-refractivity contribution in [3.05, 3.63) is 103 Å². The third kappa shape index (κ3) is 7.34. The van der Waals surface area contributed by atoms with Gasteiger partial charge in [-0.1, -0.05) is 82.8 Å². The van der Waals surface area contributed by atoms with Gasteiger partial charge in [0.05, 0.1) is 32.7 Å². The van der Waals surface area contributed by atoms with Crippen molar-refractivity contribution in [1.29, 1.82) is 0 Å². The standard InChI is InChI=1S/C35H34Cl4FN3O3/c1-20(44)42-18-25-16-27(22-9-7-21(8-10-22)4-3-13-46-34-29(37)14-24(40)15-30(34)38)32(31(19-42)41-25)35(45)43(26-11-12-26)17-23-5-2-6-28(36)33(23)39/h2,5-10,14-15,25-26,31,41H,3-4,11-13,16-19H2,1H3/t25-,31-/m1/s1. The molecule has 1 aliphatic carbocycles. The lowest BCUT2D eigenvalue weighted by Crippen LogP contribution is -2.61. The molecule has 6 nitrogen and oxygen atoms in total. The minimum absolute atomic E-state index is 0.00816. The number of aryl methyl sites for hydroxylation is 1. The van der Waals surface area contributed by atoms with Crippen LogP contribution in [-0.2, 0) is 22.6 Å². The molecule has 6 rings (SSSR count). The highest BCUT2D eigenvalue weighted by molar-refractivity contribution is 6.42. The number of ether oxygens (including phenoxy) is 1. The summed E-state index contributed by atoms with van der Waals surface area (Å²) in [4.78, 5) is 30.7. The molecule has 2 amide bonds. The summed E-state index contributed by atoms with van der Waals surface area (Å²) in [6.07, 6.45) is 3.95. The first-order valence-electron chi connectivity index (χ1n) is 15.4. The number of carbonyl (C=O) groups excluding carboxylic acids is 2. The van der Waals surface area contributed by atoms with E-state index in [0.29, 0.717) is 54.7 Å². The third-order valence-corrected chi connectivity index (χ3v) is 10.2. The van der Waals surface area contributed by atoms with E-state index in [9.17, 15) is 14.0 Å². The Hall–Kier alpha value is -2.81. The van der Waals surface area contributed by atoms with Crippen LogP contribution in [0.5, 0.6) is 5.75 Å². The molecule has 2 fully saturated rings. The summed E-state index contributed by atoms with van der Waals surface area (Å²) in [7, 11) is 0. The predicted molar refractivity (Wildman–Crippen MR) is 181 cm³/mol. The summed E-state index contributed by atoms with van der Waals surface area (Å²) < 4.78 is 19.2. The van der Waals surface area contributed by atoms with Gasteiger partial charge in [-0.15, -0.1) is 0 Å². The topological polar surface area (TPSA) is 61.9 Å². The number of rotatable bonds is 10. The van der Waals surface area contributed by atoms with E-state index in [1.54, 1.807) is 13.0 Å². The number of hydrogen-bond donors (Lipinski definition) is 1. The summed E-state index contributed by atoms with van der Waals surface area (Å²) in [6, 6.07) is 16.1. The predicted octanol–water partition coefficient (Wildman–Crippen LogP) is 7.99. The number of halogens is 5. The van der Waals surface area contributed by atoms with E-state index < -0.39 is 5.82 Å². The quantitative estimate of drug-likeness (QED) is 0.218. The van der Waals surface area contributed by atoms with Crippen LogP contribution in [0.4, 0.5) is 4.39 Å². The average Bonchev–Trinajstić information content (AvgIpc) is 3.86. The van der Waals surface area contributed by atoms with Gasteiger partial charge in [0.2, 0.25) is 5.91 Å². The molecule has 3 aliphatic rings. The number of nitrogens with zero attached hydrogens (tertiary/aromatic N) is 2. The summed E-state index contributed by atoms with van der Waals surface area (Å²) in [5, 5.41) is 4.84. The van der Waals surface area contributed by atoms with Crippen LogP contribution in [0.2, 0.25) is 20.1 Å². The Labute approximate surface area is 288 Å². The molecule has 242 valence electrons. The van der Waals surface area contributed by atoms with E-state index in [2.05, 4.69) is 29.6 Å². The Morgan fingerprint density at radius 2 is 1.72 bits per heavy atom. The molecular weight excluding hydrogens is 671 g/mol. The first-order chi connectivity index (χ1) is 22.1. The van der Waals surface area contributed by atoms with Crippen molar-refractivity contribution in [2.45, 2.75) is 63.7 Å². The van der Waals surface area contributed by atoms with Gasteiger partial charge in [-0.05, 0) is 72.6 Å². The minimum Gasteiger partial charge on any atom is -0.490 e. The van der Waals surface area contributed by atoms with Crippen LogP contribution >= 0.6 is 46.4 Å². The van der Waals surface area contributed by atoms with Gasteiger partial charge in [-0.25, -0.2) is 4.39 Å². The van der Waals surface area contributed by atoms with Crippen LogP contribution in [0.25, 0.3) is 5.57 Å². The number of fused-ring (bicyclic) bond motifs is 2. The molecule has 3 aromatic rings. The van der Waals surface area contributed by atoms with E-state index in [4.69, 9.17) is 51.1 Å². The number of hydrogen-bond acceptors (Lipinski definition) is 4. The fraction of sp³-hybridized carbons (Fsp3) is 0.371. The molecule has 0 radical (unpaired) electrons. The average molecular weight is 705 g/mol. The summed E-state index contributed by atoms with van der Waals surface area (Å²) >= 11 is 25.1. The highest BCUT2D eigenvalue weighted by Crippen LogP contribution is 2.39. The lowest BCUT2D eigenvalue weighted by atomic mass is 9.82. The third-order valence-electron chi connectivity index (χ3n) is 8.82. The van der Waals surface area contributed by atoms with Crippen LogP contribution in [0.3, 0.4) is 0 Å². The molecule has 1 saturated carbocycles. The molecule has 0 aromatic heterocycles. The lowest BCUT2D eigenvalue weighted by Gasteiger charge is -2.44. The molecule has 0 spiro atoms.